The van der Waals surface area contributed by atoms with Gasteiger partial charge in [0.15, 0.2) is 0 Å². The Labute approximate surface area is 255 Å². The summed E-state index contributed by atoms with van der Waals surface area (Å²) in [7, 11) is 0. The maximum absolute atomic E-state index is 7.36. The van der Waals surface area contributed by atoms with E-state index in [1.807, 2.05) is 0 Å². The number of hydrogen-bond acceptors (Lipinski definition) is 8. The van der Waals surface area contributed by atoms with E-state index in [-0.39, 0.29) is 46.7 Å². The first-order valence-corrected chi connectivity index (χ1v) is 14.8. The van der Waals surface area contributed by atoms with Crippen LogP contribution in [0.2, 0.25) is 0 Å². The van der Waals surface area contributed by atoms with E-state index in [4.69, 9.17) is 89.1 Å². The first-order valence-electron chi connectivity index (χ1n) is 14.8. The van der Waals surface area contributed by atoms with Crippen molar-refractivity contribution in [2.24, 2.45) is 69.5 Å². The van der Waals surface area contributed by atoms with Crippen LogP contribution < -0.4 is 45.9 Å². The molecule has 0 unspecified atom stereocenters. The third-order valence-electron chi connectivity index (χ3n) is 7.22. The van der Waals surface area contributed by atoms with Gasteiger partial charge in [-0.05, 0) is 25.7 Å². The highest BCUT2D eigenvalue weighted by Crippen LogP contribution is 2.16. The lowest BCUT2D eigenvalue weighted by Crippen LogP contribution is -2.34. The molecule has 0 saturated carbocycles. The molecule has 0 bridgehead atoms. The molecule has 0 heterocycles. The van der Waals surface area contributed by atoms with Crippen molar-refractivity contribution in [1.29, 1.82) is 43.3 Å². The van der Waals surface area contributed by atoms with E-state index in [1.165, 1.54) is 0 Å². The highest BCUT2D eigenvalue weighted by atomic mass is 14.8. The van der Waals surface area contributed by atoms with Crippen LogP contribution in [-0.2, 0) is 0 Å². The van der Waals surface area contributed by atoms with E-state index >= 15 is 0 Å². The van der Waals surface area contributed by atoms with Crippen LogP contribution in [0.4, 0.5) is 0 Å². The molecule has 0 atom stereocenters. The minimum atomic E-state index is -0.440. The predicted molar refractivity (Wildman–Crippen MR) is 179 cm³/mol. The van der Waals surface area contributed by atoms with Crippen LogP contribution >= 0.6 is 0 Å². The average molecular weight is 607 g/mol. The second-order valence-corrected chi connectivity index (χ2v) is 10.9. The van der Waals surface area contributed by atoms with Crippen molar-refractivity contribution in [1.82, 2.24) is 0 Å². The first-order chi connectivity index (χ1) is 20.0. The van der Waals surface area contributed by atoms with Gasteiger partial charge in [0.1, 0.15) is 46.7 Å². The molecule has 24 N–H and O–H groups in total. The lowest BCUT2D eigenvalue weighted by Gasteiger charge is -2.14. The molecule has 0 spiro atoms. The predicted octanol–water partition coefficient (Wildman–Crippen LogP) is 1.78. The lowest BCUT2D eigenvalue weighted by molar-refractivity contribution is 0.552. The third-order valence-corrected chi connectivity index (χ3v) is 7.22. The van der Waals surface area contributed by atoms with Gasteiger partial charge in [0.25, 0.3) is 0 Å². The first kappa shape index (κ1) is 40.9. The van der Waals surface area contributed by atoms with Crippen molar-refractivity contribution >= 4 is 46.7 Å². The highest BCUT2D eigenvalue weighted by Gasteiger charge is 2.17. The van der Waals surface area contributed by atoms with Gasteiger partial charge in [-0.1, -0.05) is 70.6 Å². The van der Waals surface area contributed by atoms with Crippen molar-refractivity contribution < 1.29 is 0 Å². The SMILES string of the molecule is N=C(N)C(CCCCCCCC(C(=N)N)C(=N)N)C(=N)N.N=C(N)C(CCCCCCCCC(C(=N)N)C(=N)N)C(=N)N. The van der Waals surface area contributed by atoms with E-state index in [1.54, 1.807) is 0 Å². The molecule has 0 aliphatic rings. The van der Waals surface area contributed by atoms with Crippen molar-refractivity contribution in [3.05, 3.63) is 0 Å². The van der Waals surface area contributed by atoms with Gasteiger partial charge >= 0.3 is 0 Å². The normalized spacial score (nSPS) is 13.3. The third kappa shape index (κ3) is 20.3. The van der Waals surface area contributed by atoms with Gasteiger partial charge in [-0.3, -0.25) is 43.3 Å². The molecule has 0 aliphatic carbocycles. The van der Waals surface area contributed by atoms with Crippen LogP contribution in [0.3, 0.4) is 0 Å². The number of unbranched alkanes of at least 4 members (excludes halogenated alkanes) is 9. The zero-order chi connectivity index (χ0) is 33.5. The Hall–Kier alpha value is -4.24. The van der Waals surface area contributed by atoms with E-state index in [0.29, 0.717) is 25.7 Å². The Morgan fingerprint density at radius 2 is 0.372 bits per heavy atom. The summed E-state index contributed by atoms with van der Waals surface area (Å²) in [5.41, 5.74) is 43.2. The summed E-state index contributed by atoms with van der Waals surface area (Å²) in [4.78, 5) is 0. The van der Waals surface area contributed by atoms with Gasteiger partial charge < -0.3 is 45.9 Å². The Kier molecular flexibility index (Phi) is 22.2. The molecule has 0 aliphatic heterocycles. The maximum atomic E-state index is 7.36. The monoisotopic (exact) mass is 607 g/mol. The summed E-state index contributed by atoms with van der Waals surface area (Å²) in [6, 6.07) is 0. The number of amidine groups is 8. The number of hydrogen-bond donors (Lipinski definition) is 16. The minimum Gasteiger partial charge on any atom is -0.387 e. The molecule has 0 amide bonds. The standard InChI is InChI=1S/C14H30N8.C13H28N8/c15-11(16)9(12(17)18)7-5-3-1-2-4-6-8-10(13(19)20)14(21)22;14-10(15)8(11(16)17)6-4-2-1-3-5-7-9(12(18)19)13(20)21/h9-10H,1-8H2,(H3,15,16)(H3,17,18)(H3,19,20)(H3,21,22);8-9H,1-7H2,(H3,14,15)(H3,16,17)(H3,18,19)(H3,20,21). The fourth-order valence-corrected chi connectivity index (χ4v) is 4.55. The number of rotatable bonds is 25. The van der Waals surface area contributed by atoms with Crippen molar-refractivity contribution in [2.45, 2.75) is 96.3 Å². The molecule has 0 aromatic carbocycles. The van der Waals surface area contributed by atoms with Crippen LogP contribution in [0, 0.1) is 66.9 Å². The lowest BCUT2D eigenvalue weighted by atomic mass is 9.96. The van der Waals surface area contributed by atoms with Crippen molar-refractivity contribution in [3.8, 4) is 0 Å². The van der Waals surface area contributed by atoms with E-state index in [0.717, 1.165) is 70.6 Å². The molecule has 16 nitrogen and oxygen atoms in total. The molecule has 0 aromatic heterocycles. The van der Waals surface area contributed by atoms with Crippen LogP contribution in [0.5, 0.6) is 0 Å². The Bertz CT molecular complexity index is 813. The van der Waals surface area contributed by atoms with Gasteiger partial charge in [0, 0.05) is 0 Å². The average Bonchev–Trinajstić information content (AvgIpc) is 2.87. The summed E-state index contributed by atoms with van der Waals surface area (Å²) >= 11 is 0. The molecule has 0 fully saturated rings. The van der Waals surface area contributed by atoms with E-state index in [2.05, 4.69) is 0 Å². The molecular formula is C27H58N16. The largest absolute Gasteiger partial charge is 0.387 e. The fraction of sp³-hybridized carbons (Fsp3) is 0.704. The number of nitrogens with two attached hydrogens (primary N) is 8. The Morgan fingerprint density at radius 3 is 0.488 bits per heavy atom. The van der Waals surface area contributed by atoms with Gasteiger partial charge in [0.2, 0.25) is 0 Å². The maximum Gasteiger partial charge on any atom is 0.101 e. The molecule has 0 saturated heterocycles. The van der Waals surface area contributed by atoms with E-state index < -0.39 is 23.7 Å². The van der Waals surface area contributed by atoms with Crippen LogP contribution in [0.15, 0.2) is 0 Å². The van der Waals surface area contributed by atoms with Crippen LogP contribution in [0.1, 0.15) is 96.3 Å². The molecule has 43 heavy (non-hydrogen) atoms. The summed E-state index contributed by atoms with van der Waals surface area (Å²) < 4.78 is 0. The van der Waals surface area contributed by atoms with Crippen LogP contribution in [-0.4, -0.2) is 46.7 Å². The zero-order valence-corrected chi connectivity index (χ0v) is 25.5. The fourth-order valence-electron chi connectivity index (χ4n) is 4.55. The summed E-state index contributed by atoms with van der Waals surface area (Å²) in [5, 5.41) is 58.9. The summed E-state index contributed by atoms with van der Waals surface area (Å²) in [5.74, 6) is -2.06. The van der Waals surface area contributed by atoms with Crippen molar-refractivity contribution in [3.63, 3.8) is 0 Å². The smallest absolute Gasteiger partial charge is 0.101 e. The quantitative estimate of drug-likeness (QED) is 0.0411. The zero-order valence-electron chi connectivity index (χ0n) is 25.5. The minimum absolute atomic E-state index is 0.0352. The Morgan fingerprint density at radius 1 is 0.256 bits per heavy atom. The van der Waals surface area contributed by atoms with Gasteiger partial charge in [-0.2, -0.15) is 0 Å². The summed E-state index contributed by atoms with van der Waals surface area (Å²) in [6.07, 6.45) is 13.2. The van der Waals surface area contributed by atoms with Crippen molar-refractivity contribution in [2.75, 3.05) is 0 Å². The highest BCUT2D eigenvalue weighted by molar-refractivity contribution is 6.02. The van der Waals surface area contributed by atoms with Gasteiger partial charge in [-0.25, -0.2) is 0 Å². The molecule has 16 heteroatoms. The molecule has 246 valence electrons. The molecule has 0 radical (unpaired) electrons. The topological polar surface area (TPSA) is 399 Å². The summed E-state index contributed by atoms with van der Waals surface area (Å²) in [6.45, 7) is 0. The van der Waals surface area contributed by atoms with Gasteiger partial charge in [0.05, 0.1) is 23.7 Å². The molecule has 0 aromatic rings. The van der Waals surface area contributed by atoms with Gasteiger partial charge in [-0.15, -0.1) is 0 Å². The number of nitrogens with one attached hydrogen (secondary N) is 8. The second-order valence-electron chi connectivity index (χ2n) is 10.9. The van der Waals surface area contributed by atoms with Crippen LogP contribution in [0.25, 0.3) is 0 Å². The molecular weight excluding hydrogens is 548 g/mol. The second kappa shape index (κ2) is 23.3. The van der Waals surface area contributed by atoms with E-state index in [9.17, 15) is 0 Å². The Balaban J connectivity index is 0. The molecule has 0 rings (SSSR count).